The molecule has 11 heteroatoms. The quantitative estimate of drug-likeness (QED) is 0.573. The molecule has 0 aromatic carbocycles. The second-order valence-electron chi connectivity index (χ2n) is 2.24. The maximum atomic E-state index is 12.0. The molecule has 0 spiro atoms. The zero-order valence-corrected chi connectivity index (χ0v) is 6.31. The number of rotatable bonds is 2. The summed E-state index contributed by atoms with van der Waals surface area (Å²) in [6.45, 7) is 0. The third-order valence-electron chi connectivity index (χ3n) is 1.21. The third kappa shape index (κ3) is 2.16. The van der Waals surface area contributed by atoms with Gasteiger partial charge in [-0.25, -0.2) is 4.79 Å². The fraction of sp³-hybridized carbons (Fsp3) is 0.750. The van der Waals surface area contributed by atoms with Crippen LogP contribution in [0.5, 0.6) is 0 Å². The number of nitrogens with one attached hydrogen (secondary N) is 1. The van der Waals surface area contributed by atoms with E-state index in [1.807, 2.05) is 0 Å². The first-order chi connectivity index (χ1) is 6.35. The molecule has 0 aromatic rings. The van der Waals surface area contributed by atoms with E-state index in [0.717, 1.165) is 0 Å². The average Bonchev–Trinajstić information content (AvgIpc) is 2.00. The minimum atomic E-state index is -6.85. The molecule has 0 aromatic heterocycles. The van der Waals surface area contributed by atoms with Gasteiger partial charge in [0, 0.05) is 8.96 Å². The molecule has 0 fully saturated rings. The first-order valence-electron chi connectivity index (χ1n) is 2.90. The highest BCUT2D eigenvalue weighted by atomic mass is 19.4. The van der Waals surface area contributed by atoms with Gasteiger partial charge in [-0.05, 0) is 0 Å². The van der Waals surface area contributed by atoms with Crippen LogP contribution >= 0.6 is 0 Å². The number of carbonyl (C=O) groups excluding carboxylic acids is 1. The topological polar surface area (TPSA) is 21.5 Å². The molecule has 0 aliphatic carbocycles. The molecule has 0 radical (unpaired) electrons. The maximum absolute atomic E-state index is 12.0. The number of alkyl halides is 7. The number of hydrogen-bond acceptors (Lipinski definition) is 1. The lowest BCUT2D eigenvalue weighted by Gasteiger charge is -2.24. The summed E-state index contributed by atoms with van der Waals surface area (Å²) in [7, 11) is 0. The van der Waals surface area contributed by atoms with Gasteiger partial charge in [0.2, 0.25) is 0 Å². The molecule has 0 heterocycles. The minimum Gasteiger partial charge on any atom is -0.215 e. The molecule has 0 aliphatic rings. The molecule has 2 nitrogen and oxygen atoms in total. The van der Waals surface area contributed by atoms with E-state index < -0.39 is 29.3 Å². The van der Waals surface area contributed by atoms with Gasteiger partial charge < -0.3 is 0 Å². The molecular formula is C4HF9NO+. The molecule has 0 saturated heterocycles. The summed E-state index contributed by atoms with van der Waals surface area (Å²) in [4.78, 5) is 9.74. The van der Waals surface area contributed by atoms with E-state index in [1.54, 1.807) is 0 Å². The maximum Gasteiger partial charge on any atom is 0.465 e. The fourth-order valence-electron chi connectivity index (χ4n) is 0.439. The number of hydrogen-bond donors (Lipinski definition) is 1. The summed E-state index contributed by atoms with van der Waals surface area (Å²) in [5.74, 6) is -17.2. The van der Waals surface area contributed by atoms with E-state index in [4.69, 9.17) is 0 Å². The van der Waals surface area contributed by atoms with Crippen molar-refractivity contribution in [2.75, 3.05) is 0 Å². The van der Waals surface area contributed by atoms with Crippen LogP contribution in [0.4, 0.5) is 39.7 Å². The zero-order valence-electron chi connectivity index (χ0n) is 6.31. The van der Waals surface area contributed by atoms with Gasteiger partial charge in [-0.15, -0.1) is 0 Å². The number of quaternary nitrogens is 1. The van der Waals surface area contributed by atoms with Crippen LogP contribution in [-0.2, 0) is 4.79 Å². The number of halogens is 9. The predicted octanol–water partition coefficient (Wildman–Crippen LogP) is 1.000. The van der Waals surface area contributed by atoms with Crippen molar-refractivity contribution in [1.82, 2.24) is 0 Å². The second-order valence-corrected chi connectivity index (χ2v) is 2.24. The standard InChI is InChI=1S/C4F9NO/c5-2(6,1(15)14(12)13)3(7,8)4(9,10)11/p+1. The summed E-state index contributed by atoms with van der Waals surface area (Å²) >= 11 is 0. The van der Waals surface area contributed by atoms with Gasteiger partial charge in [-0.3, -0.25) is 0 Å². The van der Waals surface area contributed by atoms with Crippen LogP contribution in [0.2, 0.25) is 0 Å². The molecule has 1 N–H and O–H groups in total. The molecule has 90 valence electrons. The third-order valence-corrected chi connectivity index (χ3v) is 1.21. The highest BCUT2D eigenvalue weighted by Crippen LogP contribution is 2.46. The fourth-order valence-corrected chi connectivity index (χ4v) is 0.439. The summed E-state index contributed by atoms with van der Waals surface area (Å²) < 4.78 is 104. The first-order valence-corrected chi connectivity index (χ1v) is 2.90. The first kappa shape index (κ1) is 14.0. The molecule has 0 saturated carbocycles. The lowest BCUT2D eigenvalue weighted by atomic mass is 10.1. The Labute approximate surface area is 75.1 Å². The highest BCUT2D eigenvalue weighted by Gasteiger charge is 2.79. The summed E-state index contributed by atoms with van der Waals surface area (Å²) in [6, 6.07) is 0. The van der Waals surface area contributed by atoms with E-state index in [1.165, 1.54) is 0 Å². The zero-order chi connectivity index (χ0) is 12.7. The van der Waals surface area contributed by atoms with Gasteiger partial charge in [-0.1, -0.05) is 0 Å². The van der Waals surface area contributed by atoms with Crippen molar-refractivity contribution in [3.8, 4) is 0 Å². The Hall–Kier alpha value is -1.00. The van der Waals surface area contributed by atoms with Crippen molar-refractivity contribution in [3.05, 3.63) is 0 Å². The minimum absolute atomic E-state index is 3.83. The molecule has 15 heavy (non-hydrogen) atoms. The number of amides is 1. The van der Waals surface area contributed by atoms with Crippen molar-refractivity contribution in [1.29, 1.82) is 0 Å². The largest absolute Gasteiger partial charge is 0.465 e. The average molecular weight is 250 g/mol. The Morgan fingerprint density at radius 2 is 1.20 bits per heavy atom. The Morgan fingerprint density at radius 3 is 1.40 bits per heavy atom. The molecule has 0 rings (SSSR count). The molecule has 0 bridgehead atoms. The van der Waals surface area contributed by atoms with E-state index in [2.05, 4.69) is 0 Å². The van der Waals surface area contributed by atoms with Crippen molar-refractivity contribution >= 4 is 5.91 Å². The van der Waals surface area contributed by atoms with Gasteiger partial charge in [0.15, 0.2) is 0 Å². The van der Waals surface area contributed by atoms with Crippen LogP contribution in [0.15, 0.2) is 0 Å². The van der Waals surface area contributed by atoms with Gasteiger partial charge >= 0.3 is 23.9 Å². The molecule has 1 amide bonds. The lowest BCUT2D eigenvalue weighted by Crippen LogP contribution is -3.03. The normalized spacial score (nSPS) is 14.5. The van der Waals surface area contributed by atoms with Gasteiger partial charge in [-0.2, -0.15) is 30.7 Å². The van der Waals surface area contributed by atoms with Gasteiger partial charge in [0.1, 0.15) is 5.34 Å². The van der Waals surface area contributed by atoms with Gasteiger partial charge in [0.05, 0.1) is 0 Å². The summed E-state index contributed by atoms with van der Waals surface area (Å²) in [6.07, 6.45) is -6.80. The summed E-state index contributed by atoms with van der Waals surface area (Å²) in [5, 5.41) is -3.83. The molecule has 0 atom stereocenters. The van der Waals surface area contributed by atoms with Crippen LogP contribution in [-0.4, -0.2) is 23.9 Å². The molecular weight excluding hydrogens is 249 g/mol. The number of carbonyl (C=O) groups is 1. The van der Waals surface area contributed by atoms with Crippen LogP contribution < -0.4 is 5.34 Å². The highest BCUT2D eigenvalue weighted by molar-refractivity contribution is 5.75. The Bertz CT molecular complexity index is 255. The Balaban J connectivity index is 5.29. The van der Waals surface area contributed by atoms with E-state index in [0.29, 0.717) is 0 Å². The van der Waals surface area contributed by atoms with Crippen molar-refractivity contribution in [2.24, 2.45) is 0 Å². The van der Waals surface area contributed by atoms with Crippen LogP contribution in [0.3, 0.4) is 0 Å². The van der Waals surface area contributed by atoms with Crippen LogP contribution in [0, 0.1) is 0 Å². The van der Waals surface area contributed by atoms with Crippen LogP contribution in [0.1, 0.15) is 0 Å². The monoisotopic (exact) mass is 250 g/mol. The van der Waals surface area contributed by atoms with Gasteiger partial charge in [0.25, 0.3) is 0 Å². The summed E-state index contributed by atoms with van der Waals surface area (Å²) in [5.41, 5.74) is 0. The Kier molecular flexibility index (Phi) is 3.30. The van der Waals surface area contributed by atoms with E-state index in [9.17, 15) is 44.5 Å². The smallest absolute Gasteiger partial charge is 0.215 e. The van der Waals surface area contributed by atoms with Crippen LogP contribution in [0.25, 0.3) is 0 Å². The molecule has 0 unspecified atom stereocenters. The van der Waals surface area contributed by atoms with Crippen molar-refractivity contribution < 1.29 is 49.8 Å². The predicted molar refractivity (Wildman–Crippen MR) is 24.1 cm³/mol. The van der Waals surface area contributed by atoms with E-state index in [-0.39, 0.29) is 0 Å². The lowest BCUT2D eigenvalue weighted by molar-refractivity contribution is -1.10. The SMILES string of the molecule is O=C([NH+](F)F)C(F)(F)C(F)(F)C(F)(F)F. The molecule has 0 aliphatic heterocycles. The second kappa shape index (κ2) is 3.54. The van der Waals surface area contributed by atoms with E-state index >= 15 is 0 Å². The van der Waals surface area contributed by atoms with Crippen molar-refractivity contribution in [2.45, 2.75) is 18.0 Å². The Morgan fingerprint density at radius 1 is 0.867 bits per heavy atom. The van der Waals surface area contributed by atoms with Crippen molar-refractivity contribution in [3.63, 3.8) is 0 Å².